The number of hydrogen-bond acceptors (Lipinski definition) is 13. The lowest BCUT2D eigenvalue weighted by molar-refractivity contribution is -0.120. The van der Waals surface area contributed by atoms with Crippen LogP contribution in [0.15, 0.2) is 30.6 Å². The second-order valence-corrected chi connectivity index (χ2v) is 12.5. The Morgan fingerprint density at radius 3 is 2.63 bits per heavy atom. The van der Waals surface area contributed by atoms with Crippen LogP contribution in [0.1, 0.15) is 45.9 Å². The van der Waals surface area contributed by atoms with E-state index in [-0.39, 0.29) is 52.8 Å². The third-order valence-corrected chi connectivity index (χ3v) is 9.07. The molecule has 0 amide bonds. The minimum absolute atomic E-state index is 0.0130. The number of benzene rings is 1. The van der Waals surface area contributed by atoms with E-state index in [9.17, 15) is 24.4 Å². The molecule has 1 aromatic carbocycles. The predicted octanol–water partition coefficient (Wildman–Crippen LogP) is 2.04. The van der Waals surface area contributed by atoms with Crippen LogP contribution in [0.3, 0.4) is 0 Å². The fraction of sp³-hybridized carbons (Fsp3) is 0.500. The molecular formula is C26H35N6O8P. The lowest BCUT2D eigenvalue weighted by Crippen LogP contribution is -2.44. The summed E-state index contributed by atoms with van der Waals surface area (Å²) in [7, 11) is -4.03. The van der Waals surface area contributed by atoms with Gasteiger partial charge in [-0.2, -0.15) is 9.97 Å². The summed E-state index contributed by atoms with van der Waals surface area (Å²) < 4.78 is 33.1. The Hall–Kier alpha value is -3.42. The van der Waals surface area contributed by atoms with Crippen molar-refractivity contribution in [1.29, 1.82) is 0 Å². The lowest BCUT2D eigenvalue weighted by Gasteiger charge is -2.27. The summed E-state index contributed by atoms with van der Waals surface area (Å²) in [5.74, 6) is -0.716. The maximum Gasteiger partial charge on any atom is 0.380 e. The predicted molar refractivity (Wildman–Crippen MR) is 149 cm³/mol. The number of para-hydroxylation sites is 1. The highest BCUT2D eigenvalue weighted by molar-refractivity contribution is 7.54. The molecule has 41 heavy (non-hydrogen) atoms. The molecule has 1 saturated heterocycles. The highest BCUT2D eigenvalue weighted by Gasteiger charge is 2.54. The number of carbonyl (C=O) groups excluding carboxylic acids is 2. The number of aliphatic hydroxyl groups is 2. The molecule has 15 heteroatoms. The second-order valence-electron chi connectivity index (χ2n) is 10.5. The Balaban J connectivity index is 1.58. The van der Waals surface area contributed by atoms with E-state index in [0.29, 0.717) is 12.0 Å². The van der Waals surface area contributed by atoms with Gasteiger partial charge in [0.15, 0.2) is 17.7 Å². The standard InChI is InChI=1S/C26H35N6O8P/c1-14(16(3)34)12-41(37,40-18-8-6-5-7-17(18)10-9-15(2)33)38-11-19-21(35)26(4,36)24(39-19)32-13-29-20-22(27)30-25(28)31-23(20)32/h5-8,13-14,19,21,24,35-36H,9-12H2,1-4H3,(H4,27,28,30,31)/t14-,19-,21+,24-,26?,41-/m1/s1. The maximum atomic E-state index is 14.0. The quantitative estimate of drug-likeness (QED) is 0.222. The fourth-order valence-electron chi connectivity index (χ4n) is 4.53. The van der Waals surface area contributed by atoms with Gasteiger partial charge >= 0.3 is 7.60 Å². The molecule has 14 nitrogen and oxygen atoms in total. The summed E-state index contributed by atoms with van der Waals surface area (Å²) >= 11 is 0. The van der Waals surface area contributed by atoms with Crippen molar-refractivity contribution in [3.05, 3.63) is 36.2 Å². The van der Waals surface area contributed by atoms with Crippen molar-refractivity contribution in [1.82, 2.24) is 19.5 Å². The number of rotatable bonds is 12. The lowest BCUT2D eigenvalue weighted by atomic mass is 9.96. The van der Waals surface area contributed by atoms with Gasteiger partial charge in [0.2, 0.25) is 5.95 Å². The molecule has 1 fully saturated rings. The summed E-state index contributed by atoms with van der Waals surface area (Å²) in [6.45, 7) is 5.37. The number of ether oxygens (including phenoxy) is 1. The zero-order chi connectivity index (χ0) is 30.1. The molecule has 0 bridgehead atoms. The van der Waals surface area contributed by atoms with Gasteiger partial charge in [0.1, 0.15) is 40.6 Å². The first-order chi connectivity index (χ1) is 19.2. The van der Waals surface area contributed by atoms with Crippen molar-refractivity contribution in [3.8, 4) is 5.75 Å². The van der Waals surface area contributed by atoms with Crippen LogP contribution in [0.2, 0.25) is 0 Å². The van der Waals surface area contributed by atoms with Crippen LogP contribution in [-0.4, -0.2) is 71.9 Å². The van der Waals surface area contributed by atoms with Crippen LogP contribution < -0.4 is 16.0 Å². The number of Topliss-reactive ketones (excluding diaryl/α,β-unsaturated/α-hetero) is 2. The van der Waals surface area contributed by atoms with Crippen molar-refractivity contribution in [2.45, 2.75) is 64.6 Å². The van der Waals surface area contributed by atoms with Gasteiger partial charge in [-0.3, -0.25) is 13.9 Å². The molecule has 6 N–H and O–H groups in total. The smallest absolute Gasteiger partial charge is 0.380 e. The van der Waals surface area contributed by atoms with Crippen LogP contribution in [0.5, 0.6) is 5.75 Å². The average Bonchev–Trinajstić information content (AvgIpc) is 3.40. The molecule has 3 aromatic rings. The molecule has 0 radical (unpaired) electrons. The number of carbonyl (C=O) groups is 2. The summed E-state index contributed by atoms with van der Waals surface area (Å²) in [4.78, 5) is 35.8. The van der Waals surface area contributed by atoms with E-state index in [4.69, 9.17) is 25.3 Å². The molecule has 6 atom stereocenters. The number of aliphatic hydroxyl groups excluding tert-OH is 1. The van der Waals surface area contributed by atoms with Crippen molar-refractivity contribution in [3.63, 3.8) is 0 Å². The summed E-state index contributed by atoms with van der Waals surface area (Å²) in [5, 5.41) is 22.2. The molecule has 1 unspecified atom stereocenters. The van der Waals surface area contributed by atoms with Crippen LogP contribution >= 0.6 is 7.60 Å². The van der Waals surface area contributed by atoms with Gasteiger partial charge in [0.05, 0.1) is 19.1 Å². The number of imidazole rings is 1. The molecule has 1 aliphatic rings. The molecule has 1 aliphatic heterocycles. The minimum Gasteiger partial charge on any atom is -0.424 e. The SMILES string of the molecule is CC(=O)CCc1ccccc1O[P@@](=O)(C[C@@H](C)C(C)=O)OC[C@H]1O[C@@H](n2cnc3c(N)nc(N)nc32)C(C)(O)[C@H]1O. The van der Waals surface area contributed by atoms with Crippen molar-refractivity contribution in [2.75, 3.05) is 24.2 Å². The van der Waals surface area contributed by atoms with Crippen molar-refractivity contribution >= 4 is 42.1 Å². The van der Waals surface area contributed by atoms with E-state index >= 15 is 0 Å². The third-order valence-electron chi connectivity index (χ3n) is 7.06. The first-order valence-corrected chi connectivity index (χ1v) is 14.8. The number of ketones is 2. The summed E-state index contributed by atoms with van der Waals surface area (Å²) in [5.41, 5.74) is 10.8. The highest BCUT2D eigenvalue weighted by Crippen LogP contribution is 2.52. The number of anilines is 2. The van der Waals surface area contributed by atoms with Crippen LogP contribution in [0.4, 0.5) is 11.8 Å². The van der Waals surface area contributed by atoms with Crippen LogP contribution in [0.25, 0.3) is 11.2 Å². The van der Waals surface area contributed by atoms with Gasteiger partial charge in [-0.15, -0.1) is 0 Å². The van der Waals surface area contributed by atoms with E-state index in [2.05, 4.69) is 15.0 Å². The Morgan fingerprint density at radius 1 is 1.24 bits per heavy atom. The van der Waals surface area contributed by atoms with Crippen molar-refractivity contribution in [2.24, 2.45) is 5.92 Å². The fourth-order valence-corrected chi connectivity index (χ4v) is 6.54. The molecule has 4 rings (SSSR count). The van der Waals surface area contributed by atoms with Gasteiger partial charge in [-0.1, -0.05) is 25.1 Å². The second kappa shape index (κ2) is 11.8. The van der Waals surface area contributed by atoms with Crippen LogP contribution in [-0.2, 0) is 29.8 Å². The highest BCUT2D eigenvalue weighted by atomic mass is 31.2. The van der Waals surface area contributed by atoms with E-state index in [0.717, 1.165) is 0 Å². The third kappa shape index (κ3) is 6.57. The maximum absolute atomic E-state index is 14.0. The van der Waals surface area contributed by atoms with Gasteiger partial charge in [0.25, 0.3) is 0 Å². The van der Waals surface area contributed by atoms with Gasteiger partial charge < -0.3 is 35.7 Å². The number of aromatic nitrogens is 4. The zero-order valence-electron chi connectivity index (χ0n) is 23.3. The molecule has 2 aromatic heterocycles. The molecule has 0 saturated carbocycles. The average molecular weight is 591 g/mol. The number of nitrogens with zero attached hydrogens (tertiary/aromatic N) is 4. The number of aryl methyl sites for hydroxylation is 1. The normalized spacial score (nSPS) is 24.7. The first kappa shape index (κ1) is 30.5. The van der Waals surface area contributed by atoms with Gasteiger partial charge in [-0.25, -0.2) is 9.55 Å². The Morgan fingerprint density at radius 2 is 1.95 bits per heavy atom. The van der Waals surface area contributed by atoms with E-state index < -0.39 is 44.2 Å². The number of hydrogen-bond donors (Lipinski definition) is 4. The zero-order valence-corrected chi connectivity index (χ0v) is 24.2. The molecule has 0 spiro atoms. The van der Waals surface area contributed by atoms with E-state index in [1.807, 2.05) is 0 Å². The number of nitrogen functional groups attached to an aromatic ring is 2. The molecule has 0 aliphatic carbocycles. The van der Waals surface area contributed by atoms with Gasteiger partial charge in [-0.05, 0) is 38.8 Å². The summed E-state index contributed by atoms with van der Waals surface area (Å²) in [6, 6.07) is 6.81. The first-order valence-electron chi connectivity index (χ1n) is 13.0. The van der Waals surface area contributed by atoms with E-state index in [1.54, 1.807) is 31.2 Å². The molecule has 3 heterocycles. The van der Waals surface area contributed by atoms with Crippen LogP contribution in [0, 0.1) is 5.92 Å². The Kier molecular flexibility index (Phi) is 8.81. The monoisotopic (exact) mass is 590 g/mol. The topological polar surface area (TPSA) is 215 Å². The summed E-state index contributed by atoms with van der Waals surface area (Å²) in [6.07, 6.45) is -2.16. The number of nitrogens with two attached hydrogens (primary N) is 2. The van der Waals surface area contributed by atoms with Crippen molar-refractivity contribution < 1.29 is 38.2 Å². The van der Waals surface area contributed by atoms with Gasteiger partial charge in [0, 0.05) is 12.3 Å². The Bertz CT molecular complexity index is 1490. The minimum atomic E-state index is -4.03. The Labute approximate surface area is 236 Å². The molecule has 222 valence electrons. The largest absolute Gasteiger partial charge is 0.424 e. The van der Waals surface area contributed by atoms with E-state index in [1.165, 1.54) is 31.7 Å². The number of fused-ring (bicyclic) bond motifs is 1. The molecular weight excluding hydrogens is 555 g/mol.